The van der Waals surface area contributed by atoms with E-state index in [9.17, 15) is 4.79 Å². The first-order valence-electron chi connectivity index (χ1n) is 7.35. The lowest BCUT2D eigenvalue weighted by Crippen LogP contribution is -2.41. The largest absolute Gasteiger partial charge is 0.352 e. The number of amides is 1. The average molecular weight is 277 g/mol. The molecule has 110 valence electrons. The van der Waals surface area contributed by atoms with E-state index in [1.165, 1.54) is 12.8 Å². The first kappa shape index (κ1) is 14.7. The van der Waals surface area contributed by atoms with Crippen molar-refractivity contribution >= 4 is 11.7 Å². The van der Waals surface area contributed by atoms with Gasteiger partial charge in [0, 0.05) is 19.1 Å². The second-order valence-corrected chi connectivity index (χ2v) is 5.06. The molecule has 2 rings (SSSR count). The predicted molar refractivity (Wildman–Crippen MR) is 78.7 cm³/mol. The number of hydrogen-bond acceptors (Lipinski definition) is 5. The number of nitrogens with one attached hydrogen (secondary N) is 1. The SMILES string of the molecule is CCNC(=O)c1ccc(N2CCCCC2CCN)nn1. The van der Waals surface area contributed by atoms with Crippen molar-refractivity contribution in [2.24, 2.45) is 5.73 Å². The lowest BCUT2D eigenvalue weighted by atomic mass is 9.99. The van der Waals surface area contributed by atoms with Crippen molar-refractivity contribution in [3.63, 3.8) is 0 Å². The van der Waals surface area contributed by atoms with E-state index in [4.69, 9.17) is 5.73 Å². The summed E-state index contributed by atoms with van der Waals surface area (Å²) in [7, 11) is 0. The van der Waals surface area contributed by atoms with Gasteiger partial charge in [-0.15, -0.1) is 10.2 Å². The third-order valence-electron chi connectivity index (χ3n) is 3.64. The van der Waals surface area contributed by atoms with Gasteiger partial charge in [0.2, 0.25) is 0 Å². The van der Waals surface area contributed by atoms with Crippen LogP contribution in [0.3, 0.4) is 0 Å². The molecule has 1 amide bonds. The molecule has 0 saturated carbocycles. The number of aromatic nitrogens is 2. The number of rotatable bonds is 5. The van der Waals surface area contributed by atoms with E-state index in [1.54, 1.807) is 6.07 Å². The Kier molecular flexibility index (Phi) is 5.29. The van der Waals surface area contributed by atoms with E-state index in [1.807, 2.05) is 13.0 Å². The van der Waals surface area contributed by atoms with Gasteiger partial charge in [-0.3, -0.25) is 4.79 Å². The Labute approximate surface area is 119 Å². The molecule has 2 heterocycles. The average Bonchev–Trinajstić information content (AvgIpc) is 2.49. The van der Waals surface area contributed by atoms with Crippen LogP contribution in [0.25, 0.3) is 0 Å². The van der Waals surface area contributed by atoms with Crippen LogP contribution >= 0.6 is 0 Å². The minimum Gasteiger partial charge on any atom is -0.352 e. The Morgan fingerprint density at radius 2 is 2.30 bits per heavy atom. The van der Waals surface area contributed by atoms with Gasteiger partial charge in [-0.05, 0) is 51.3 Å². The molecule has 6 nitrogen and oxygen atoms in total. The molecular weight excluding hydrogens is 254 g/mol. The van der Waals surface area contributed by atoms with E-state index in [0.29, 0.717) is 24.8 Å². The maximum atomic E-state index is 11.7. The van der Waals surface area contributed by atoms with Crippen LogP contribution in [0.2, 0.25) is 0 Å². The molecule has 20 heavy (non-hydrogen) atoms. The number of piperidine rings is 1. The molecule has 0 bridgehead atoms. The van der Waals surface area contributed by atoms with Crippen molar-refractivity contribution in [3.05, 3.63) is 17.8 Å². The standard InChI is InChI=1S/C14H23N5O/c1-2-16-14(20)12-6-7-13(18-17-12)19-10-4-3-5-11(19)8-9-15/h6-7,11H,2-5,8-10,15H2,1H3,(H,16,20). The van der Waals surface area contributed by atoms with Gasteiger partial charge in [-0.2, -0.15) is 0 Å². The van der Waals surface area contributed by atoms with E-state index in [2.05, 4.69) is 20.4 Å². The van der Waals surface area contributed by atoms with Crippen LogP contribution in [0.1, 0.15) is 43.1 Å². The molecule has 0 radical (unpaired) electrons. The smallest absolute Gasteiger partial charge is 0.271 e. The molecule has 1 aliphatic rings. The third-order valence-corrected chi connectivity index (χ3v) is 3.64. The minimum absolute atomic E-state index is 0.177. The van der Waals surface area contributed by atoms with Gasteiger partial charge < -0.3 is 16.0 Å². The molecular formula is C14H23N5O. The fourth-order valence-corrected chi connectivity index (χ4v) is 2.65. The molecule has 0 spiro atoms. The Bertz CT molecular complexity index is 432. The van der Waals surface area contributed by atoms with Crippen LogP contribution in [-0.4, -0.2) is 41.8 Å². The summed E-state index contributed by atoms with van der Waals surface area (Å²) < 4.78 is 0. The van der Waals surface area contributed by atoms with Crippen LogP contribution in [0.15, 0.2) is 12.1 Å². The van der Waals surface area contributed by atoms with Crippen molar-refractivity contribution in [1.29, 1.82) is 0 Å². The van der Waals surface area contributed by atoms with Crippen LogP contribution < -0.4 is 16.0 Å². The number of anilines is 1. The number of hydrogen-bond donors (Lipinski definition) is 2. The van der Waals surface area contributed by atoms with Gasteiger partial charge in [0.1, 0.15) is 0 Å². The van der Waals surface area contributed by atoms with Crippen molar-refractivity contribution in [2.75, 3.05) is 24.5 Å². The summed E-state index contributed by atoms with van der Waals surface area (Å²) in [4.78, 5) is 13.9. The Morgan fingerprint density at radius 3 is 2.95 bits per heavy atom. The van der Waals surface area contributed by atoms with Gasteiger partial charge in [0.05, 0.1) is 0 Å². The molecule has 0 aromatic carbocycles. The fourth-order valence-electron chi connectivity index (χ4n) is 2.65. The quantitative estimate of drug-likeness (QED) is 0.836. The highest BCUT2D eigenvalue weighted by molar-refractivity contribution is 5.92. The molecule has 1 aromatic rings. The van der Waals surface area contributed by atoms with Gasteiger partial charge in [-0.25, -0.2) is 0 Å². The summed E-state index contributed by atoms with van der Waals surface area (Å²) in [6.45, 7) is 4.14. The van der Waals surface area contributed by atoms with Crippen LogP contribution in [0, 0.1) is 0 Å². The van der Waals surface area contributed by atoms with Crippen molar-refractivity contribution in [1.82, 2.24) is 15.5 Å². The number of carbonyl (C=O) groups excluding carboxylic acids is 1. The maximum absolute atomic E-state index is 11.7. The third kappa shape index (κ3) is 3.45. The summed E-state index contributed by atoms with van der Waals surface area (Å²) in [5.74, 6) is 0.667. The topological polar surface area (TPSA) is 84.1 Å². The molecule has 0 aliphatic carbocycles. The van der Waals surface area contributed by atoms with Gasteiger partial charge in [0.15, 0.2) is 11.5 Å². The highest BCUT2D eigenvalue weighted by Gasteiger charge is 2.23. The normalized spacial score (nSPS) is 18.9. The van der Waals surface area contributed by atoms with Gasteiger partial charge in [0.25, 0.3) is 5.91 Å². The second kappa shape index (κ2) is 7.19. The summed E-state index contributed by atoms with van der Waals surface area (Å²) in [5.41, 5.74) is 6.05. The predicted octanol–water partition coefficient (Wildman–Crippen LogP) is 0.934. The first-order chi connectivity index (χ1) is 9.76. The van der Waals surface area contributed by atoms with Gasteiger partial charge in [-0.1, -0.05) is 0 Å². The molecule has 1 aromatic heterocycles. The number of nitrogens with two attached hydrogens (primary N) is 1. The number of carbonyl (C=O) groups is 1. The van der Waals surface area contributed by atoms with Crippen LogP contribution in [0.4, 0.5) is 5.82 Å². The highest BCUT2D eigenvalue weighted by atomic mass is 16.1. The Balaban J connectivity index is 2.09. The monoisotopic (exact) mass is 277 g/mol. The molecule has 1 unspecified atom stereocenters. The van der Waals surface area contributed by atoms with E-state index in [-0.39, 0.29) is 5.91 Å². The number of nitrogens with zero attached hydrogens (tertiary/aromatic N) is 3. The van der Waals surface area contributed by atoms with Crippen LogP contribution in [-0.2, 0) is 0 Å². The van der Waals surface area contributed by atoms with Crippen molar-refractivity contribution in [2.45, 2.75) is 38.6 Å². The minimum atomic E-state index is -0.177. The zero-order valence-electron chi connectivity index (χ0n) is 12.0. The first-order valence-corrected chi connectivity index (χ1v) is 7.35. The summed E-state index contributed by atoms with van der Waals surface area (Å²) in [5, 5.41) is 11.0. The lowest BCUT2D eigenvalue weighted by Gasteiger charge is -2.36. The van der Waals surface area contributed by atoms with Crippen LogP contribution in [0.5, 0.6) is 0 Å². The zero-order chi connectivity index (χ0) is 14.4. The van der Waals surface area contributed by atoms with E-state index in [0.717, 1.165) is 25.2 Å². The maximum Gasteiger partial charge on any atom is 0.271 e. The van der Waals surface area contributed by atoms with Crippen molar-refractivity contribution in [3.8, 4) is 0 Å². The van der Waals surface area contributed by atoms with E-state index < -0.39 is 0 Å². The molecule has 6 heteroatoms. The second-order valence-electron chi connectivity index (χ2n) is 5.06. The molecule has 1 atom stereocenters. The molecule has 1 saturated heterocycles. The molecule has 3 N–H and O–H groups in total. The highest BCUT2D eigenvalue weighted by Crippen LogP contribution is 2.24. The Hall–Kier alpha value is -1.69. The fraction of sp³-hybridized carbons (Fsp3) is 0.643. The van der Waals surface area contributed by atoms with Gasteiger partial charge >= 0.3 is 0 Å². The molecule has 1 fully saturated rings. The summed E-state index contributed by atoms with van der Waals surface area (Å²) in [6, 6.07) is 4.06. The lowest BCUT2D eigenvalue weighted by molar-refractivity contribution is 0.0950. The zero-order valence-corrected chi connectivity index (χ0v) is 12.0. The Morgan fingerprint density at radius 1 is 1.45 bits per heavy atom. The van der Waals surface area contributed by atoms with Crippen molar-refractivity contribution < 1.29 is 4.79 Å². The summed E-state index contributed by atoms with van der Waals surface area (Å²) in [6.07, 6.45) is 4.53. The summed E-state index contributed by atoms with van der Waals surface area (Å²) >= 11 is 0. The molecule has 1 aliphatic heterocycles. The van der Waals surface area contributed by atoms with E-state index >= 15 is 0 Å².